The summed E-state index contributed by atoms with van der Waals surface area (Å²) in [5.74, 6) is -1.43. The molecule has 498 valence electrons. The summed E-state index contributed by atoms with van der Waals surface area (Å²) in [4.78, 5) is 72.2. The molecule has 3 N–H and O–H groups in total. The Morgan fingerprint density at radius 1 is 0.321 bits per heavy atom. The lowest BCUT2D eigenvalue weighted by Gasteiger charge is -2.21. The summed E-state index contributed by atoms with van der Waals surface area (Å²) in [5.41, 5.74) is 0. The number of aliphatic hydroxyl groups is 1. The molecule has 0 aromatic rings. The number of phosphoric ester groups is 2. The topological polar surface area (TPSA) is 237 Å². The van der Waals surface area contributed by atoms with E-state index in [0.717, 1.165) is 103 Å². The van der Waals surface area contributed by atoms with Crippen molar-refractivity contribution < 1.29 is 80.2 Å². The van der Waals surface area contributed by atoms with E-state index in [4.69, 9.17) is 37.0 Å². The number of esters is 4. The van der Waals surface area contributed by atoms with Crippen LogP contribution in [0.25, 0.3) is 0 Å². The van der Waals surface area contributed by atoms with Gasteiger partial charge >= 0.3 is 39.5 Å². The van der Waals surface area contributed by atoms with Crippen LogP contribution in [0.1, 0.15) is 330 Å². The molecule has 19 heteroatoms. The van der Waals surface area contributed by atoms with Gasteiger partial charge in [0.1, 0.15) is 19.3 Å². The third-order valence-corrected chi connectivity index (χ3v) is 16.9. The van der Waals surface area contributed by atoms with Crippen molar-refractivity contribution in [1.29, 1.82) is 0 Å². The fourth-order valence-corrected chi connectivity index (χ4v) is 11.3. The van der Waals surface area contributed by atoms with Gasteiger partial charge in [-0.25, -0.2) is 9.13 Å². The number of carbonyl (C=O) groups is 4. The van der Waals surface area contributed by atoms with Crippen molar-refractivity contribution in [1.82, 2.24) is 0 Å². The minimum Gasteiger partial charge on any atom is -0.462 e. The Morgan fingerprint density at radius 3 is 0.810 bits per heavy atom. The van der Waals surface area contributed by atoms with Crippen molar-refractivity contribution in [2.75, 3.05) is 39.6 Å². The van der Waals surface area contributed by atoms with E-state index in [2.05, 4.69) is 34.6 Å². The SMILES string of the molecule is CCCCCCCCCCCCCCCCCCC(=O)O[C@H](COC(=O)CCCCCCCCCC(C)C)COP(=O)(O)OC[C@@H](O)COP(=O)(O)OC[C@@H](COC(=O)CCCCCCCCCC)OC(=O)CCCCCCCCCCCC. The first-order valence-electron chi connectivity index (χ1n) is 34.1. The molecule has 0 bridgehead atoms. The molecule has 0 saturated heterocycles. The lowest BCUT2D eigenvalue weighted by atomic mass is 10.0. The highest BCUT2D eigenvalue weighted by Gasteiger charge is 2.30. The number of aliphatic hydroxyl groups excluding tert-OH is 1. The summed E-state index contributed by atoms with van der Waals surface area (Å²) < 4.78 is 68.0. The summed E-state index contributed by atoms with van der Waals surface area (Å²) in [7, 11) is -9.88. The molecule has 0 aliphatic heterocycles. The van der Waals surface area contributed by atoms with Crippen LogP contribution in [0.15, 0.2) is 0 Å². The Kier molecular flexibility index (Phi) is 57.4. The number of phosphoric acid groups is 2. The van der Waals surface area contributed by atoms with E-state index in [0.29, 0.717) is 31.6 Å². The second kappa shape index (κ2) is 58.7. The molecule has 0 amide bonds. The van der Waals surface area contributed by atoms with Gasteiger partial charge in [0.2, 0.25) is 0 Å². The van der Waals surface area contributed by atoms with Crippen LogP contribution >= 0.6 is 15.6 Å². The minimum absolute atomic E-state index is 0.106. The fraction of sp³-hybridized carbons (Fsp3) is 0.938. The zero-order valence-electron chi connectivity index (χ0n) is 54.0. The molecule has 84 heavy (non-hydrogen) atoms. The first-order valence-corrected chi connectivity index (χ1v) is 37.1. The van der Waals surface area contributed by atoms with Crippen LogP contribution < -0.4 is 0 Å². The second-order valence-corrected chi connectivity index (χ2v) is 26.9. The van der Waals surface area contributed by atoms with Gasteiger partial charge in [-0.05, 0) is 31.6 Å². The van der Waals surface area contributed by atoms with Crippen molar-refractivity contribution in [2.24, 2.45) is 5.92 Å². The number of hydrogen-bond acceptors (Lipinski definition) is 15. The average molecular weight is 1240 g/mol. The molecule has 0 heterocycles. The van der Waals surface area contributed by atoms with E-state index in [1.54, 1.807) is 0 Å². The molecule has 0 aromatic heterocycles. The molecule has 0 fully saturated rings. The van der Waals surface area contributed by atoms with Crippen molar-refractivity contribution in [3.63, 3.8) is 0 Å². The van der Waals surface area contributed by atoms with Crippen LogP contribution in [-0.2, 0) is 65.4 Å². The summed E-state index contributed by atoms with van der Waals surface area (Å²) >= 11 is 0. The Balaban J connectivity index is 5.20. The number of unbranched alkanes of at least 4 members (excludes halogenated alkanes) is 37. The maximum absolute atomic E-state index is 13.0. The Bertz CT molecular complexity index is 1640. The molecule has 17 nitrogen and oxygen atoms in total. The van der Waals surface area contributed by atoms with Crippen LogP contribution in [0, 0.1) is 5.92 Å². The number of rotatable bonds is 65. The summed E-state index contributed by atoms with van der Waals surface area (Å²) in [5, 5.41) is 10.5. The summed E-state index contributed by atoms with van der Waals surface area (Å²) in [6, 6.07) is 0. The van der Waals surface area contributed by atoms with Gasteiger partial charge in [-0.3, -0.25) is 37.3 Å². The first kappa shape index (κ1) is 82.1. The van der Waals surface area contributed by atoms with Gasteiger partial charge in [0.15, 0.2) is 12.2 Å². The van der Waals surface area contributed by atoms with Crippen molar-refractivity contribution in [3.05, 3.63) is 0 Å². The monoisotopic (exact) mass is 1240 g/mol. The van der Waals surface area contributed by atoms with Crippen molar-refractivity contribution in [3.8, 4) is 0 Å². The third-order valence-electron chi connectivity index (χ3n) is 15.0. The quantitative estimate of drug-likeness (QED) is 0.0222. The van der Waals surface area contributed by atoms with Crippen LogP contribution in [0.3, 0.4) is 0 Å². The van der Waals surface area contributed by atoms with E-state index in [1.807, 2.05) is 0 Å². The molecular weight excluding hydrogens is 1110 g/mol. The minimum atomic E-state index is -4.94. The van der Waals surface area contributed by atoms with Gasteiger partial charge in [-0.15, -0.1) is 0 Å². The summed E-state index contributed by atoms with van der Waals surface area (Å²) in [6.07, 6.45) is 43.1. The predicted molar refractivity (Wildman–Crippen MR) is 335 cm³/mol. The molecule has 0 saturated carbocycles. The highest BCUT2D eigenvalue weighted by atomic mass is 31.2. The molecule has 0 radical (unpaired) electrons. The van der Waals surface area contributed by atoms with Gasteiger partial charge in [0.05, 0.1) is 26.4 Å². The fourth-order valence-electron chi connectivity index (χ4n) is 9.76. The molecule has 0 aliphatic rings. The highest BCUT2D eigenvalue weighted by Crippen LogP contribution is 2.45. The highest BCUT2D eigenvalue weighted by molar-refractivity contribution is 7.47. The van der Waals surface area contributed by atoms with E-state index in [9.17, 15) is 43.2 Å². The van der Waals surface area contributed by atoms with Gasteiger partial charge < -0.3 is 33.8 Å². The number of carbonyl (C=O) groups excluding carboxylic acids is 4. The lowest BCUT2D eigenvalue weighted by molar-refractivity contribution is -0.161. The molecule has 0 rings (SSSR count). The molecule has 2 unspecified atom stereocenters. The molecule has 0 spiro atoms. The Morgan fingerprint density at radius 2 is 0.548 bits per heavy atom. The smallest absolute Gasteiger partial charge is 0.462 e. The van der Waals surface area contributed by atoms with E-state index >= 15 is 0 Å². The predicted octanol–water partition coefficient (Wildman–Crippen LogP) is 18.2. The standard InChI is InChI=1S/C65H126O17P2/c1-6-9-12-15-18-21-23-24-25-26-27-28-30-35-41-46-51-65(70)82-61(55-76-63(68)49-44-39-36-31-32-37-42-47-58(4)5)57-80-84(73,74)78-53-59(66)52-77-83(71,72)79-56-60(54-75-62(67)48-43-38-33-20-17-14-11-8-3)81-64(69)50-45-40-34-29-22-19-16-13-10-7-2/h58-61,66H,6-57H2,1-5H3,(H,71,72)(H,73,74)/t59-,60+,61+/m0/s1. The molecule has 0 aliphatic carbocycles. The normalized spacial score (nSPS) is 14.2. The molecule has 0 aromatic carbocycles. The third kappa shape index (κ3) is 59.0. The maximum atomic E-state index is 13.0. The van der Waals surface area contributed by atoms with Gasteiger partial charge in [0, 0.05) is 25.7 Å². The Labute approximate surface area is 511 Å². The van der Waals surface area contributed by atoms with Crippen LogP contribution in [0.4, 0.5) is 0 Å². The largest absolute Gasteiger partial charge is 0.472 e. The van der Waals surface area contributed by atoms with Gasteiger partial charge in [0.25, 0.3) is 0 Å². The lowest BCUT2D eigenvalue weighted by Crippen LogP contribution is -2.30. The van der Waals surface area contributed by atoms with Crippen LogP contribution in [0.2, 0.25) is 0 Å². The van der Waals surface area contributed by atoms with Crippen molar-refractivity contribution in [2.45, 2.75) is 348 Å². The van der Waals surface area contributed by atoms with E-state index in [-0.39, 0.29) is 25.7 Å². The average Bonchev–Trinajstić information content (AvgIpc) is 3.58. The summed E-state index contributed by atoms with van der Waals surface area (Å²) in [6.45, 7) is 7.12. The maximum Gasteiger partial charge on any atom is 0.472 e. The van der Waals surface area contributed by atoms with E-state index < -0.39 is 97.5 Å². The first-order chi connectivity index (χ1) is 40.5. The Hall–Kier alpha value is -1.94. The second-order valence-electron chi connectivity index (χ2n) is 24.0. The number of ether oxygens (including phenoxy) is 4. The van der Waals surface area contributed by atoms with Gasteiger partial charge in [-0.2, -0.15) is 0 Å². The van der Waals surface area contributed by atoms with E-state index in [1.165, 1.54) is 141 Å². The zero-order chi connectivity index (χ0) is 62.0. The zero-order valence-corrected chi connectivity index (χ0v) is 55.8. The van der Waals surface area contributed by atoms with Crippen molar-refractivity contribution >= 4 is 39.5 Å². The van der Waals surface area contributed by atoms with Crippen LogP contribution in [0.5, 0.6) is 0 Å². The molecule has 5 atom stereocenters. The van der Waals surface area contributed by atoms with Gasteiger partial charge in [-0.1, -0.05) is 279 Å². The number of hydrogen-bond donors (Lipinski definition) is 3. The van der Waals surface area contributed by atoms with Crippen LogP contribution in [-0.4, -0.2) is 96.7 Å². The molecular formula is C65H126O17P2.